The summed E-state index contributed by atoms with van der Waals surface area (Å²) in [6.45, 7) is 0.572. The van der Waals surface area contributed by atoms with Gasteiger partial charge in [-0.05, 0) is 24.3 Å². The molecule has 1 aromatic carbocycles. The van der Waals surface area contributed by atoms with E-state index in [1.165, 1.54) is 17.2 Å². The molecule has 1 amide bonds. The molecule has 134 valence electrons. The average Bonchev–Trinajstić information content (AvgIpc) is 3.21. The lowest BCUT2D eigenvalue weighted by Crippen LogP contribution is -2.35. The predicted molar refractivity (Wildman–Crippen MR) is 89.0 cm³/mol. The third kappa shape index (κ3) is 3.95. The molecule has 0 aliphatic carbocycles. The summed E-state index contributed by atoms with van der Waals surface area (Å²) >= 11 is 0. The van der Waals surface area contributed by atoms with E-state index in [2.05, 4.69) is 0 Å². The number of carbonyl (C=O) groups excluding carboxylic acids is 2. The first-order chi connectivity index (χ1) is 12.7. The summed E-state index contributed by atoms with van der Waals surface area (Å²) in [6, 6.07) is 10.0. The first kappa shape index (κ1) is 17.4. The van der Waals surface area contributed by atoms with E-state index in [9.17, 15) is 9.59 Å². The van der Waals surface area contributed by atoms with Gasteiger partial charge in [0.15, 0.2) is 18.1 Å². The standard InChI is InChI=1S/C18H16N2O6/c19-6-2-7-20(13-4-5-14-16(11-13)25-10-9-24-14)17(21)12-26-18(22)15-3-1-8-23-15/h1,3-5,8,11H,2,7,9-10,12H2. The fourth-order valence-electron chi connectivity index (χ4n) is 2.43. The van der Waals surface area contributed by atoms with Crippen LogP contribution in [0.5, 0.6) is 11.5 Å². The van der Waals surface area contributed by atoms with Crippen LogP contribution in [0.15, 0.2) is 41.0 Å². The molecule has 1 aliphatic heterocycles. The van der Waals surface area contributed by atoms with Crippen LogP contribution in [0.3, 0.4) is 0 Å². The van der Waals surface area contributed by atoms with E-state index in [4.69, 9.17) is 23.9 Å². The average molecular weight is 356 g/mol. The van der Waals surface area contributed by atoms with Crippen LogP contribution in [0, 0.1) is 11.3 Å². The van der Waals surface area contributed by atoms with Crippen LogP contribution < -0.4 is 14.4 Å². The molecule has 26 heavy (non-hydrogen) atoms. The molecule has 0 radical (unpaired) electrons. The zero-order valence-corrected chi connectivity index (χ0v) is 13.8. The van der Waals surface area contributed by atoms with Gasteiger partial charge in [0.25, 0.3) is 5.91 Å². The Labute approximate surface area is 149 Å². The molecule has 0 spiro atoms. The monoisotopic (exact) mass is 356 g/mol. The lowest BCUT2D eigenvalue weighted by atomic mass is 10.2. The number of ether oxygens (including phenoxy) is 3. The Morgan fingerprint density at radius 2 is 2.00 bits per heavy atom. The SMILES string of the molecule is N#CCCN(C(=O)COC(=O)c1ccco1)c1ccc2c(c1)OCCO2. The van der Waals surface area contributed by atoms with Crippen molar-refractivity contribution in [2.45, 2.75) is 6.42 Å². The third-order valence-electron chi connectivity index (χ3n) is 3.63. The van der Waals surface area contributed by atoms with E-state index in [0.29, 0.717) is 30.4 Å². The molecule has 0 bridgehead atoms. The van der Waals surface area contributed by atoms with Crippen molar-refractivity contribution in [3.63, 3.8) is 0 Å². The number of carbonyl (C=O) groups is 2. The Morgan fingerprint density at radius 1 is 1.19 bits per heavy atom. The van der Waals surface area contributed by atoms with E-state index in [-0.39, 0.29) is 18.7 Å². The van der Waals surface area contributed by atoms with Crippen LogP contribution in [0.1, 0.15) is 17.0 Å². The Balaban J connectivity index is 1.71. The molecular weight excluding hydrogens is 340 g/mol. The minimum Gasteiger partial charge on any atom is -0.486 e. The van der Waals surface area contributed by atoms with Gasteiger partial charge in [-0.1, -0.05) is 0 Å². The number of esters is 1. The molecule has 0 unspecified atom stereocenters. The summed E-state index contributed by atoms with van der Waals surface area (Å²) in [4.78, 5) is 25.7. The molecule has 1 aliphatic rings. The van der Waals surface area contributed by atoms with Crippen molar-refractivity contribution in [2.75, 3.05) is 31.3 Å². The molecule has 3 rings (SSSR count). The lowest BCUT2D eigenvalue weighted by Gasteiger charge is -2.24. The molecule has 0 N–H and O–H groups in total. The maximum absolute atomic E-state index is 12.5. The van der Waals surface area contributed by atoms with Crippen molar-refractivity contribution in [3.05, 3.63) is 42.4 Å². The van der Waals surface area contributed by atoms with Gasteiger partial charge in [0.05, 0.1) is 18.8 Å². The maximum Gasteiger partial charge on any atom is 0.374 e. The van der Waals surface area contributed by atoms with Gasteiger partial charge in [0, 0.05) is 18.3 Å². The van der Waals surface area contributed by atoms with Crippen LogP contribution in [0.2, 0.25) is 0 Å². The van der Waals surface area contributed by atoms with Crippen LogP contribution in [0.4, 0.5) is 5.69 Å². The fourth-order valence-corrected chi connectivity index (χ4v) is 2.43. The zero-order chi connectivity index (χ0) is 18.4. The molecule has 0 saturated carbocycles. The molecular formula is C18H16N2O6. The quantitative estimate of drug-likeness (QED) is 0.731. The summed E-state index contributed by atoms with van der Waals surface area (Å²) in [6.07, 6.45) is 1.47. The Morgan fingerprint density at radius 3 is 2.73 bits per heavy atom. The van der Waals surface area contributed by atoms with Gasteiger partial charge < -0.3 is 23.5 Å². The molecule has 8 heteroatoms. The van der Waals surface area contributed by atoms with Gasteiger partial charge in [-0.25, -0.2) is 4.79 Å². The van der Waals surface area contributed by atoms with Crippen molar-refractivity contribution in [3.8, 4) is 17.6 Å². The molecule has 8 nitrogen and oxygen atoms in total. The highest BCUT2D eigenvalue weighted by Crippen LogP contribution is 2.34. The number of hydrogen-bond donors (Lipinski definition) is 0. The highest BCUT2D eigenvalue weighted by Gasteiger charge is 2.21. The summed E-state index contributed by atoms with van der Waals surface area (Å²) in [5, 5.41) is 8.85. The maximum atomic E-state index is 12.5. The number of fused-ring (bicyclic) bond motifs is 1. The molecule has 0 saturated heterocycles. The topological polar surface area (TPSA) is 102 Å². The van der Waals surface area contributed by atoms with Gasteiger partial charge >= 0.3 is 5.97 Å². The van der Waals surface area contributed by atoms with Crippen molar-refractivity contribution in [1.82, 2.24) is 0 Å². The molecule has 2 aromatic rings. The number of nitriles is 1. The molecule has 0 atom stereocenters. The number of anilines is 1. The number of benzene rings is 1. The molecule has 0 fully saturated rings. The van der Waals surface area contributed by atoms with E-state index in [1.807, 2.05) is 6.07 Å². The highest BCUT2D eigenvalue weighted by molar-refractivity contribution is 5.96. The minimum atomic E-state index is -0.731. The normalized spacial score (nSPS) is 12.1. The Bertz CT molecular complexity index is 825. The number of nitrogens with zero attached hydrogens (tertiary/aromatic N) is 2. The van der Waals surface area contributed by atoms with Crippen LogP contribution in [-0.2, 0) is 9.53 Å². The van der Waals surface area contributed by atoms with Gasteiger partial charge in [0.2, 0.25) is 5.76 Å². The van der Waals surface area contributed by atoms with E-state index in [0.717, 1.165) is 0 Å². The highest BCUT2D eigenvalue weighted by atomic mass is 16.6. The summed E-state index contributed by atoms with van der Waals surface area (Å²) in [5.74, 6) is -0.0590. The second kappa shape index (κ2) is 8.07. The van der Waals surface area contributed by atoms with Gasteiger partial charge in [-0.2, -0.15) is 5.26 Å². The van der Waals surface area contributed by atoms with Crippen LogP contribution in [-0.4, -0.2) is 38.2 Å². The Kier molecular flexibility index (Phi) is 5.39. The van der Waals surface area contributed by atoms with E-state index in [1.54, 1.807) is 24.3 Å². The largest absolute Gasteiger partial charge is 0.486 e. The first-order valence-electron chi connectivity index (χ1n) is 7.96. The van der Waals surface area contributed by atoms with Gasteiger partial charge in [-0.15, -0.1) is 0 Å². The van der Waals surface area contributed by atoms with Crippen LogP contribution in [0.25, 0.3) is 0 Å². The number of hydrogen-bond acceptors (Lipinski definition) is 7. The molecule has 2 heterocycles. The first-order valence-corrected chi connectivity index (χ1v) is 7.96. The van der Waals surface area contributed by atoms with Crippen molar-refractivity contribution in [1.29, 1.82) is 5.26 Å². The summed E-state index contributed by atoms with van der Waals surface area (Å²) < 4.78 is 20.9. The number of rotatable bonds is 6. The van der Waals surface area contributed by atoms with Crippen molar-refractivity contribution >= 4 is 17.6 Å². The zero-order valence-electron chi connectivity index (χ0n) is 13.8. The second-order valence-electron chi connectivity index (χ2n) is 5.33. The predicted octanol–water partition coefficient (Wildman–Crippen LogP) is 2.15. The third-order valence-corrected chi connectivity index (χ3v) is 3.63. The number of furan rings is 1. The summed E-state index contributed by atoms with van der Waals surface area (Å²) in [5.41, 5.74) is 0.531. The molecule has 1 aromatic heterocycles. The van der Waals surface area contributed by atoms with E-state index >= 15 is 0 Å². The van der Waals surface area contributed by atoms with Crippen molar-refractivity contribution in [2.24, 2.45) is 0 Å². The van der Waals surface area contributed by atoms with E-state index < -0.39 is 18.5 Å². The minimum absolute atomic E-state index is 0.0145. The lowest BCUT2D eigenvalue weighted by molar-refractivity contribution is -0.121. The fraction of sp³-hybridized carbons (Fsp3) is 0.278. The Hall–Kier alpha value is -3.47. The van der Waals surface area contributed by atoms with Gasteiger partial charge in [0.1, 0.15) is 13.2 Å². The van der Waals surface area contributed by atoms with Crippen molar-refractivity contribution < 1.29 is 28.2 Å². The second-order valence-corrected chi connectivity index (χ2v) is 5.33. The van der Waals surface area contributed by atoms with Gasteiger partial charge in [-0.3, -0.25) is 4.79 Å². The summed E-state index contributed by atoms with van der Waals surface area (Å²) in [7, 11) is 0. The van der Waals surface area contributed by atoms with Crippen LogP contribution >= 0.6 is 0 Å². The number of amides is 1. The smallest absolute Gasteiger partial charge is 0.374 e.